The van der Waals surface area contributed by atoms with Crippen LogP contribution in [0.3, 0.4) is 0 Å². The Hall–Kier alpha value is -1.93. The number of fused-ring (bicyclic) bond motifs is 1. The van der Waals surface area contributed by atoms with E-state index < -0.39 is 27.9 Å². The zero-order chi connectivity index (χ0) is 13.5. The van der Waals surface area contributed by atoms with Gasteiger partial charge in [0.25, 0.3) is 21.8 Å². The van der Waals surface area contributed by atoms with Crippen LogP contribution in [0, 0.1) is 0 Å². The van der Waals surface area contributed by atoms with Crippen molar-refractivity contribution < 1.29 is 18.0 Å². The molecule has 0 saturated heterocycles. The molecule has 1 aromatic carbocycles. The molecule has 0 radical (unpaired) electrons. The van der Waals surface area contributed by atoms with Gasteiger partial charge in [-0.3, -0.25) is 15.0 Å². The topological polar surface area (TPSA) is 110 Å². The fraction of sp³-hybridized carbons (Fsp3) is 0.200. The smallest absolute Gasteiger partial charge is 0.269 e. The second kappa shape index (κ2) is 4.07. The summed E-state index contributed by atoms with van der Waals surface area (Å²) in [5, 5.41) is 0. The number of sulfonamides is 1. The standard InChI is InChI=1S/C10H11N3O4S/c1-6(9(14)12-11)13-10(15)7-4-2-3-5-8(7)18(13,16)17/h2-6H,11H2,1H3,(H,12,14). The monoisotopic (exact) mass is 269 g/mol. The predicted octanol–water partition coefficient (Wildman–Crippen LogP) is -0.790. The summed E-state index contributed by atoms with van der Waals surface area (Å²) in [6.45, 7) is 1.30. The lowest BCUT2D eigenvalue weighted by Gasteiger charge is -2.21. The zero-order valence-corrected chi connectivity index (χ0v) is 10.3. The normalized spacial score (nSPS) is 18.3. The van der Waals surface area contributed by atoms with Gasteiger partial charge in [-0.25, -0.2) is 18.6 Å². The van der Waals surface area contributed by atoms with Crippen LogP contribution in [0.5, 0.6) is 0 Å². The maximum atomic E-state index is 12.1. The third-order valence-corrected chi connectivity index (χ3v) is 4.64. The van der Waals surface area contributed by atoms with Gasteiger partial charge in [-0.15, -0.1) is 0 Å². The van der Waals surface area contributed by atoms with Gasteiger partial charge in [0.05, 0.1) is 5.56 Å². The molecule has 0 fully saturated rings. The van der Waals surface area contributed by atoms with Crippen molar-refractivity contribution in [1.29, 1.82) is 0 Å². The maximum absolute atomic E-state index is 12.1. The van der Waals surface area contributed by atoms with Crippen LogP contribution in [-0.4, -0.2) is 30.6 Å². The van der Waals surface area contributed by atoms with Crippen molar-refractivity contribution in [2.24, 2.45) is 5.84 Å². The molecule has 1 unspecified atom stereocenters. The van der Waals surface area contributed by atoms with Gasteiger partial charge in [-0.2, -0.15) is 0 Å². The Bertz CT molecular complexity index is 626. The molecule has 1 heterocycles. The molecule has 0 aromatic heterocycles. The molecule has 1 aliphatic rings. The number of benzene rings is 1. The minimum absolute atomic E-state index is 0.0640. The number of nitrogens with two attached hydrogens (primary N) is 1. The highest BCUT2D eigenvalue weighted by molar-refractivity contribution is 7.90. The summed E-state index contributed by atoms with van der Waals surface area (Å²) in [6, 6.07) is 4.61. The zero-order valence-electron chi connectivity index (χ0n) is 9.45. The molecule has 0 spiro atoms. The van der Waals surface area contributed by atoms with Crippen LogP contribution in [0.25, 0.3) is 0 Å². The summed E-state index contributed by atoms with van der Waals surface area (Å²) in [6.07, 6.45) is 0. The van der Waals surface area contributed by atoms with Crippen molar-refractivity contribution in [2.45, 2.75) is 17.9 Å². The minimum atomic E-state index is -3.98. The molecule has 1 aromatic rings. The first-order valence-corrected chi connectivity index (χ1v) is 6.53. The third-order valence-electron chi connectivity index (χ3n) is 2.73. The Balaban J connectivity index is 2.55. The Morgan fingerprint density at radius 1 is 1.39 bits per heavy atom. The van der Waals surface area contributed by atoms with Crippen LogP contribution in [0.2, 0.25) is 0 Å². The molecular formula is C10H11N3O4S. The Morgan fingerprint density at radius 3 is 2.56 bits per heavy atom. The van der Waals surface area contributed by atoms with Gasteiger partial charge >= 0.3 is 0 Å². The number of carbonyl (C=O) groups is 2. The second-order valence-electron chi connectivity index (χ2n) is 3.79. The first kappa shape index (κ1) is 12.5. The molecular weight excluding hydrogens is 258 g/mol. The summed E-state index contributed by atoms with van der Waals surface area (Å²) < 4.78 is 24.8. The number of hydrogen-bond acceptors (Lipinski definition) is 5. The van der Waals surface area contributed by atoms with Crippen LogP contribution in [0.1, 0.15) is 17.3 Å². The molecule has 18 heavy (non-hydrogen) atoms. The summed E-state index contributed by atoms with van der Waals surface area (Å²) in [4.78, 5) is 23.3. The summed E-state index contributed by atoms with van der Waals surface area (Å²) in [5.41, 5.74) is 1.89. The molecule has 0 bridgehead atoms. The highest BCUT2D eigenvalue weighted by Gasteiger charge is 2.45. The third kappa shape index (κ3) is 1.57. The molecule has 0 aliphatic carbocycles. The number of carbonyl (C=O) groups excluding carboxylic acids is 2. The molecule has 7 nitrogen and oxygen atoms in total. The van der Waals surface area contributed by atoms with Gasteiger partial charge < -0.3 is 0 Å². The number of hydrogen-bond donors (Lipinski definition) is 2. The van der Waals surface area contributed by atoms with Gasteiger partial charge in [0, 0.05) is 0 Å². The van der Waals surface area contributed by atoms with E-state index in [0.29, 0.717) is 4.31 Å². The first-order chi connectivity index (χ1) is 8.41. The van der Waals surface area contributed by atoms with E-state index in [2.05, 4.69) is 0 Å². The Kier molecular flexibility index (Phi) is 2.83. The van der Waals surface area contributed by atoms with Crippen molar-refractivity contribution >= 4 is 21.8 Å². The van der Waals surface area contributed by atoms with Gasteiger partial charge in [0.1, 0.15) is 10.9 Å². The maximum Gasteiger partial charge on any atom is 0.269 e. The molecule has 8 heteroatoms. The quantitative estimate of drug-likeness (QED) is 0.415. The highest BCUT2D eigenvalue weighted by atomic mass is 32.2. The van der Waals surface area contributed by atoms with E-state index in [1.165, 1.54) is 25.1 Å². The Labute approximate surface area is 104 Å². The van der Waals surface area contributed by atoms with E-state index in [1.54, 1.807) is 6.07 Å². The van der Waals surface area contributed by atoms with Gasteiger partial charge in [0.2, 0.25) is 0 Å². The molecule has 96 valence electrons. The number of nitrogens with one attached hydrogen (secondary N) is 1. The molecule has 0 saturated carbocycles. The number of rotatable bonds is 2. The predicted molar refractivity (Wildman–Crippen MR) is 61.6 cm³/mol. The van der Waals surface area contributed by atoms with E-state index in [9.17, 15) is 18.0 Å². The van der Waals surface area contributed by atoms with Crippen LogP contribution >= 0.6 is 0 Å². The molecule has 1 aliphatic heterocycles. The summed E-state index contributed by atoms with van der Waals surface area (Å²) in [7, 11) is -3.98. The lowest BCUT2D eigenvalue weighted by molar-refractivity contribution is -0.124. The fourth-order valence-electron chi connectivity index (χ4n) is 1.81. The lowest BCUT2D eigenvalue weighted by Crippen LogP contribution is -2.49. The van der Waals surface area contributed by atoms with Crippen molar-refractivity contribution in [2.75, 3.05) is 0 Å². The minimum Gasteiger partial charge on any atom is -0.292 e. The van der Waals surface area contributed by atoms with Crippen LogP contribution < -0.4 is 11.3 Å². The van der Waals surface area contributed by atoms with Crippen molar-refractivity contribution in [3.8, 4) is 0 Å². The SMILES string of the molecule is CC(C(=O)NN)N1C(=O)c2ccccc2S1(=O)=O. The number of nitrogens with zero attached hydrogens (tertiary/aromatic N) is 1. The van der Waals surface area contributed by atoms with Gasteiger partial charge in [-0.1, -0.05) is 12.1 Å². The average Bonchev–Trinajstić information content (AvgIpc) is 2.56. The van der Waals surface area contributed by atoms with Gasteiger partial charge in [0.15, 0.2) is 0 Å². The van der Waals surface area contributed by atoms with E-state index in [1.807, 2.05) is 5.43 Å². The molecule has 3 N–H and O–H groups in total. The van der Waals surface area contributed by atoms with E-state index in [4.69, 9.17) is 5.84 Å². The lowest BCUT2D eigenvalue weighted by atomic mass is 10.2. The van der Waals surface area contributed by atoms with Crippen LogP contribution in [0.15, 0.2) is 29.2 Å². The second-order valence-corrected chi connectivity index (χ2v) is 5.57. The van der Waals surface area contributed by atoms with Crippen molar-refractivity contribution in [1.82, 2.24) is 9.73 Å². The molecule has 2 amide bonds. The number of amides is 2. The number of hydrazine groups is 1. The van der Waals surface area contributed by atoms with E-state index >= 15 is 0 Å². The fourth-order valence-corrected chi connectivity index (χ4v) is 3.54. The van der Waals surface area contributed by atoms with Crippen LogP contribution in [-0.2, 0) is 14.8 Å². The van der Waals surface area contributed by atoms with Gasteiger partial charge in [-0.05, 0) is 19.1 Å². The molecule has 2 rings (SSSR count). The van der Waals surface area contributed by atoms with Crippen LogP contribution in [0.4, 0.5) is 0 Å². The van der Waals surface area contributed by atoms with E-state index in [0.717, 1.165) is 0 Å². The Morgan fingerprint density at radius 2 is 2.00 bits per heavy atom. The van der Waals surface area contributed by atoms with Crippen molar-refractivity contribution in [3.05, 3.63) is 29.8 Å². The first-order valence-electron chi connectivity index (χ1n) is 5.09. The average molecular weight is 269 g/mol. The molecule has 1 atom stereocenters. The largest absolute Gasteiger partial charge is 0.292 e. The van der Waals surface area contributed by atoms with E-state index in [-0.39, 0.29) is 10.5 Å². The summed E-state index contributed by atoms with van der Waals surface area (Å²) >= 11 is 0. The van der Waals surface area contributed by atoms with Crippen molar-refractivity contribution in [3.63, 3.8) is 0 Å². The highest BCUT2D eigenvalue weighted by Crippen LogP contribution is 2.31. The summed E-state index contributed by atoms with van der Waals surface area (Å²) in [5.74, 6) is 3.48.